The normalized spacial score (nSPS) is 17.2. The van der Waals surface area contributed by atoms with Crippen LogP contribution in [-0.2, 0) is 18.4 Å². The predicted octanol–water partition coefficient (Wildman–Crippen LogP) is -0.267. The van der Waals surface area contributed by atoms with Crippen LogP contribution in [0, 0.1) is 5.82 Å². The van der Waals surface area contributed by atoms with Crippen molar-refractivity contribution in [3.63, 3.8) is 0 Å². The summed E-state index contributed by atoms with van der Waals surface area (Å²) < 4.78 is 14.2. The first kappa shape index (κ1) is 21.3. The molecule has 168 valence electrons. The number of piperidine rings is 1. The quantitative estimate of drug-likeness (QED) is 0.475. The highest BCUT2D eigenvalue weighted by atomic mass is 19.1. The Morgan fingerprint density at radius 1 is 1.22 bits per heavy atom. The number of nitrogens with zero attached hydrogens (tertiary/aromatic N) is 3. The molecule has 0 atom stereocenters. The summed E-state index contributed by atoms with van der Waals surface area (Å²) in [4.78, 5) is 54.7. The van der Waals surface area contributed by atoms with Crippen LogP contribution in [0.4, 0.5) is 15.1 Å². The summed E-state index contributed by atoms with van der Waals surface area (Å²) in [6.07, 6.45) is 0.570. The second-order valence-electron chi connectivity index (χ2n) is 7.76. The van der Waals surface area contributed by atoms with Crippen LogP contribution in [-0.4, -0.2) is 51.1 Å². The lowest BCUT2D eigenvalue weighted by molar-refractivity contribution is -0.124. The molecular weight excluding hydrogens is 423 g/mol. The van der Waals surface area contributed by atoms with Crippen molar-refractivity contribution in [2.24, 2.45) is 7.05 Å². The second kappa shape index (κ2) is 7.94. The van der Waals surface area contributed by atoms with Gasteiger partial charge in [-0.1, -0.05) is 12.1 Å². The highest BCUT2D eigenvalue weighted by molar-refractivity contribution is 6.07. The summed E-state index contributed by atoms with van der Waals surface area (Å²) in [5, 5.41) is 17.6. The molecule has 0 bridgehead atoms. The zero-order chi connectivity index (χ0) is 23.0. The van der Waals surface area contributed by atoms with E-state index in [1.165, 1.54) is 31.3 Å². The number of rotatable bonds is 4. The van der Waals surface area contributed by atoms with E-state index in [4.69, 9.17) is 0 Å². The molecule has 1 aromatic carbocycles. The number of nitrogens with one attached hydrogen (secondary N) is 3. The highest BCUT2D eigenvalue weighted by Gasteiger charge is 2.48. The van der Waals surface area contributed by atoms with Crippen LogP contribution in [0.25, 0.3) is 0 Å². The summed E-state index contributed by atoms with van der Waals surface area (Å²) in [7, 11) is 1.42. The molecule has 4 amide bonds. The number of anilines is 1. The lowest BCUT2D eigenvalue weighted by Gasteiger charge is -2.37. The van der Waals surface area contributed by atoms with Gasteiger partial charge in [0.1, 0.15) is 11.4 Å². The number of carbonyl (C=O) groups excluding carboxylic acids is 3. The Labute approximate surface area is 181 Å². The smallest absolute Gasteiger partial charge is 0.322 e. The van der Waals surface area contributed by atoms with Gasteiger partial charge >= 0.3 is 6.03 Å². The van der Waals surface area contributed by atoms with Crippen molar-refractivity contribution in [2.75, 3.05) is 18.0 Å². The molecular formula is C20H21FN6O5. The molecule has 2 aliphatic heterocycles. The minimum Gasteiger partial charge on any atom is -0.501 e. The molecule has 2 fully saturated rings. The van der Waals surface area contributed by atoms with Crippen molar-refractivity contribution in [3.05, 3.63) is 51.7 Å². The molecule has 0 radical (unpaired) electrons. The topological polar surface area (TPSA) is 146 Å². The molecule has 2 aromatic rings. The van der Waals surface area contributed by atoms with E-state index in [1.54, 1.807) is 4.90 Å². The van der Waals surface area contributed by atoms with Crippen molar-refractivity contribution in [1.82, 2.24) is 25.5 Å². The number of benzene rings is 1. The van der Waals surface area contributed by atoms with Gasteiger partial charge in [0.15, 0.2) is 5.69 Å². The molecule has 3 heterocycles. The van der Waals surface area contributed by atoms with Crippen LogP contribution in [0.2, 0.25) is 0 Å². The van der Waals surface area contributed by atoms with Crippen molar-refractivity contribution in [3.8, 4) is 5.75 Å². The third-order valence-electron chi connectivity index (χ3n) is 5.74. The summed E-state index contributed by atoms with van der Waals surface area (Å²) in [5.41, 5.74) is -1.60. The van der Waals surface area contributed by atoms with Crippen LogP contribution in [0.1, 0.15) is 28.9 Å². The second-order valence-corrected chi connectivity index (χ2v) is 7.76. The van der Waals surface area contributed by atoms with E-state index in [2.05, 4.69) is 20.9 Å². The number of amides is 4. The molecule has 0 saturated carbocycles. The average Bonchev–Trinajstić information content (AvgIpc) is 3.05. The first-order valence-electron chi connectivity index (χ1n) is 9.91. The molecule has 1 aromatic heterocycles. The zero-order valence-corrected chi connectivity index (χ0v) is 17.1. The Morgan fingerprint density at radius 3 is 2.47 bits per heavy atom. The number of urea groups is 1. The van der Waals surface area contributed by atoms with Gasteiger partial charge in [-0.3, -0.25) is 24.3 Å². The minimum absolute atomic E-state index is 0.0474. The molecule has 0 unspecified atom stereocenters. The Morgan fingerprint density at radius 2 is 1.88 bits per heavy atom. The van der Waals surface area contributed by atoms with Gasteiger partial charge in [-0.05, 0) is 30.5 Å². The van der Waals surface area contributed by atoms with Crippen molar-refractivity contribution in [2.45, 2.75) is 24.9 Å². The van der Waals surface area contributed by atoms with Crippen LogP contribution >= 0.6 is 0 Å². The molecule has 0 aliphatic carbocycles. The first-order valence-corrected chi connectivity index (χ1v) is 9.91. The summed E-state index contributed by atoms with van der Waals surface area (Å²) in [6.45, 7) is 0.622. The van der Waals surface area contributed by atoms with Gasteiger partial charge in [-0.25, -0.2) is 14.2 Å². The summed E-state index contributed by atoms with van der Waals surface area (Å²) >= 11 is 0. The maximum Gasteiger partial charge on any atom is 0.322 e. The fourth-order valence-corrected chi connectivity index (χ4v) is 3.86. The van der Waals surface area contributed by atoms with Crippen molar-refractivity contribution in [1.29, 1.82) is 0 Å². The Bertz CT molecular complexity index is 1150. The van der Waals surface area contributed by atoms with E-state index >= 15 is 0 Å². The molecule has 4 rings (SSSR count). The Kier molecular flexibility index (Phi) is 5.28. The van der Waals surface area contributed by atoms with E-state index in [-0.39, 0.29) is 38.4 Å². The van der Waals surface area contributed by atoms with Gasteiger partial charge in [0.05, 0.1) is 0 Å². The average molecular weight is 444 g/mol. The van der Waals surface area contributed by atoms with E-state index in [9.17, 15) is 28.7 Å². The van der Waals surface area contributed by atoms with E-state index in [1.807, 2.05) is 0 Å². The Hall–Kier alpha value is -3.96. The largest absolute Gasteiger partial charge is 0.501 e. The standard InChI is InChI=1S/C20H21FN6O5/c1-26-16(30)14(28)13(15(29)22-10-11-2-4-12(21)5-3-11)23-19(26)27-8-6-20(7-9-27)17(31)24-18(32)25-20/h2-5,28H,6-10H2,1H3,(H,22,29)(H2,24,25,31,32). The molecule has 12 heteroatoms. The number of halogens is 1. The van der Waals surface area contributed by atoms with Crippen molar-refractivity contribution >= 4 is 23.8 Å². The van der Waals surface area contributed by atoms with Crippen LogP contribution in [0.15, 0.2) is 29.1 Å². The maximum atomic E-state index is 13.0. The van der Waals surface area contributed by atoms with E-state index in [0.717, 1.165) is 4.57 Å². The van der Waals surface area contributed by atoms with Gasteiger partial charge in [-0.15, -0.1) is 0 Å². The van der Waals surface area contributed by atoms with Crippen LogP contribution in [0.5, 0.6) is 5.75 Å². The fraction of sp³-hybridized carbons (Fsp3) is 0.350. The lowest BCUT2D eigenvalue weighted by atomic mass is 9.88. The van der Waals surface area contributed by atoms with Gasteiger partial charge < -0.3 is 20.6 Å². The number of hydrogen-bond donors (Lipinski definition) is 4. The third kappa shape index (κ3) is 3.74. The van der Waals surface area contributed by atoms with Gasteiger partial charge in [0.2, 0.25) is 11.7 Å². The first-order chi connectivity index (χ1) is 15.2. The zero-order valence-electron chi connectivity index (χ0n) is 17.1. The monoisotopic (exact) mass is 444 g/mol. The fourth-order valence-electron chi connectivity index (χ4n) is 3.86. The van der Waals surface area contributed by atoms with Gasteiger partial charge in [-0.2, -0.15) is 0 Å². The van der Waals surface area contributed by atoms with E-state index in [0.29, 0.717) is 5.56 Å². The molecule has 1 spiro atoms. The maximum absolute atomic E-state index is 13.0. The van der Waals surface area contributed by atoms with Gasteiger partial charge in [0.25, 0.3) is 17.4 Å². The predicted molar refractivity (Wildman–Crippen MR) is 110 cm³/mol. The molecule has 4 N–H and O–H groups in total. The Balaban J connectivity index is 1.53. The van der Waals surface area contributed by atoms with Crippen LogP contribution < -0.4 is 26.4 Å². The van der Waals surface area contributed by atoms with Crippen LogP contribution in [0.3, 0.4) is 0 Å². The molecule has 11 nitrogen and oxygen atoms in total. The third-order valence-corrected chi connectivity index (χ3v) is 5.74. The highest BCUT2D eigenvalue weighted by Crippen LogP contribution is 2.28. The number of hydrogen-bond acceptors (Lipinski definition) is 7. The molecule has 2 saturated heterocycles. The molecule has 32 heavy (non-hydrogen) atoms. The van der Waals surface area contributed by atoms with Gasteiger partial charge in [0, 0.05) is 26.7 Å². The van der Waals surface area contributed by atoms with E-state index < -0.39 is 46.2 Å². The number of carbonyl (C=O) groups is 3. The number of aromatic nitrogens is 2. The molecule has 2 aliphatic rings. The number of aromatic hydroxyl groups is 1. The lowest BCUT2D eigenvalue weighted by Crippen LogP contribution is -2.55. The van der Waals surface area contributed by atoms with Crippen molar-refractivity contribution < 1.29 is 23.9 Å². The minimum atomic E-state index is -1.00. The number of imide groups is 1. The summed E-state index contributed by atoms with van der Waals surface area (Å²) in [6, 6.07) is 4.96. The SMILES string of the molecule is Cn1c(N2CCC3(CC2)NC(=O)NC3=O)nc(C(=O)NCc2ccc(F)cc2)c(O)c1=O. The summed E-state index contributed by atoms with van der Waals surface area (Å²) in [5.74, 6) is -2.20.